The number of fused-ring (bicyclic) bond motifs is 1. The van der Waals surface area contributed by atoms with Gasteiger partial charge in [0.1, 0.15) is 0 Å². The number of benzene rings is 1. The molecule has 1 saturated carbocycles. The first-order chi connectivity index (χ1) is 5.95. The summed E-state index contributed by atoms with van der Waals surface area (Å²) in [5.74, 6) is 0.891. The molecule has 60 valence electrons. The van der Waals surface area contributed by atoms with E-state index in [1.807, 2.05) is 0 Å². The standard InChI is InChI=1S/C12H12/c1-3-9-4-2-6-12(10-7-8-10)11(9)5-1/h1-2,4-6,10H,3,7-8H2. The Labute approximate surface area is 72.9 Å². The average molecular weight is 156 g/mol. The van der Waals surface area contributed by atoms with Gasteiger partial charge in [-0.2, -0.15) is 0 Å². The van der Waals surface area contributed by atoms with Crippen LogP contribution >= 0.6 is 0 Å². The van der Waals surface area contributed by atoms with Crippen molar-refractivity contribution >= 4 is 6.08 Å². The van der Waals surface area contributed by atoms with Crippen LogP contribution in [-0.4, -0.2) is 0 Å². The molecule has 0 amide bonds. The van der Waals surface area contributed by atoms with E-state index in [1.54, 1.807) is 5.56 Å². The Kier molecular flexibility index (Phi) is 1.20. The summed E-state index contributed by atoms with van der Waals surface area (Å²) in [5, 5.41) is 0. The SMILES string of the molecule is C1=Cc2c(cccc2C2CC2)C1. The zero-order chi connectivity index (χ0) is 7.97. The number of hydrogen-bond donors (Lipinski definition) is 0. The van der Waals surface area contributed by atoms with Crippen molar-refractivity contribution in [1.82, 2.24) is 0 Å². The van der Waals surface area contributed by atoms with Crippen LogP contribution in [0.1, 0.15) is 35.4 Å². The third kappa shape index (κ3) is 0.842. The molecule has 0 heterocycles. The molecule has 0 saturated heterocycles. The van der Waals surface area contributed by atoms with Gasteiger partial charge in [0.2, 0.25) is 0 Å². The second-order valence-electron chi connectivity index (χ2n) is 3.80. The molecule has 0 radical (unpaired) electrons. The molecule has 0 unspecified atom stereocenters. The van der Waals surface area contributed by atoms with E-state index in [9.17, 15) is 0 Å². The van der Waals surface area contributed by atoms with Gasteiger partial charge in [-0.05, 0) is 41.9 Å². The van der Waals surface area contributed by atoms with E-state index in [0.29, 0.717) is 0 Å². The van der Waals surface area contributed by atoms with Gasteiger partial charge in [0.25, 0.3) is 0 Å². The highest BCUT2D eigenvalue weighted by molar-refractivity contribution is 5.64. The summed E-state index contributed by atoms with van der Waals surface area (Å²) in [6.07, 6.45) is 8.53. The molecule has 2 aliphatic carbocycles. The summed E-state index contributed by atoms with van der Waals surface area (Å²) in [7, 11) is 0. The Morgan fingerprint density at radius 1 is 1.17 bits per heavy atom. The Bertz CT molecular complexity index is 343. The minimum Gasteiger partial charge on any atom is -0.0795 e. The lowest BCUT2D eigenvalue weighted by Crippen LogP contribution is -1.88. The van der Waals surface area contributed by atoms with Crippen LogP contribution in [0.2, 0.25) is 0 Å². The molecule has 1 aromatic rings. The first-order valence-corrected chi connectivity index (χ1v) is 4.73. The molecule has 1 aromatic carbocycles. The third-order valence-corrected chi connectivity index (χ3v) is 2.87. The highest BCUT2D eigenvalue weighted by atomic mass is 14.3. The third-order valence-electron chi connectivity index (χ3n) is 2.87. The average Bonchev–Trinajstić information content (AvgIpc) is 2.82. The van der Waals surface area contributed by atoms with Gasteiger partial charge in [-0.1, -0.05) is 30.4 Å². The van der Waals surface area contributed by atoms with E-state index in [1.165, 1.54) is 24.0 Å². The first-order valence-electron chi connectivity index (χ1n) is 4.73. The summed E-state index contributed by atoms with van der Waals surface area (Å²) in [5.41, 5.74) is 4.65. The van der Waals surface area contributed by atoms with E-state index < -0.39 is 0 Å². The molecule has 0 heteroatoms. The fourth-order valence-corrected chi connectivity index (χ4v) is 2.07. The van der Waals surface area contributed by atoms with Crippen LogP contribution in [0.25, 0.3) is 6.08 Å². The lowest BCUT2D eigenvalue weighted by atomic mass is 10.0. The molecule has 12 heavy (non-hydrogen) atoms. The van der Waals surface area contributed by atoms with Crippen molar-refractivity contribution in [3.05, 3.63) is 41.0 Å². The Hall–Kier alpha value is -1.04. The van der Waals surface area contributed by atoms with Gasteiger partial charge < -0.3 is 0 Å². The Morgan fingerprint density at radius 2 is 2.08 bits per heavy atom. The lowest BCUT2D eigenvalue weighted by molar-refractivity contribution is 1.11. The van der Waals surface area contributed by atoms with Crippen molar-refractivity contribution in [1.29, 1.82) is 0 Å². The molecular formula is C12H12. The molecule has 0 spiro atoms. The maximum Gasteiger partial charge on any atom is -0.00881 e. The number of allylic oxidation sites excluding steroid dienone is 1. The Balaban J connectivity index is 2.18. The molecule has 0 aliphatic heterocycles. The molecule has 0 bridgehead atoms. The molecule has 0 N–H and O–H groups in total. The zero-order valence-corrected chi connectivity index (χ0v) is 7.09. The second kappa shape index (κ2) is 2.22. The van der Waals surface area contributed by atoms with Gasteiger partial charge in [0.15, 0.2) is 0 Å². The monoisotopic (exact) mass is 156 g/mol. The molecule has 0 atom stereocenters. The van der Waals surface area contributed by atoms with Crippen LogP contribution in [0.3, 0.4) is 0 Å². The van der Waals surface area contributed by atoms with Crippen LogP contribution in [0.15, 0.2) is 24.3 Å². The maximum absolute atomic E-state index is 2.30. The van der Waals surface area contributed by atoms with Gasteiger partial charge in [0, 0.05) is 0 Å². The largest absolute Gasteiger partial charge is 0.0795 e. The maximum atomic E-state index is 2.30. The first kappa shape index (κ1) is 6.47. The van der Waals surface area contributed by atoms with Crippen molar-refractivity contribution in [3.63, 3.8) is 0 Å². The van der Waals surface area contributed by atoms with E-state index in [4.69, 9.17) is 0 Å². The lowest BCUT2D eigenvalue weighted by Gasteiger charge is -2.04. The van der Waals surface area contributed by atoms with E-state index in [2.05, 4.69) is 30.4 Å². The molecule has 0 aromatic heterocycles. The van der Waals surface area contributed by atoms with Crippen LogP contribution in [0, 0.1) is 0 Å². The summed E-state index contributed by atoms with van der Waals surface area (Å²) in [6, 6.07) is 6.76. The van der Waals surface area contributed by atoms with E-state index >= 15 is 0 Å². The predicted octanol–water partition coefficient (Wildman–Crippen LogP) is 3.13. The summed E-state index contributed by atoms with van der Waals surface area (Å²) >= 11 is 0. The minimum absolute atomic E-state index is 0.891. The predicted molar refractivity (Wildman–Crippen MR) is 51.2 cm³/mol. The van der Waals surface area contributed by atoms with E-state index in [-0.39, 0.29) is 0 Å². The fraction of sp³-hybridized carbons (Fsp3) is 0.333. The minimum atomic E-state index is 0.891. The normalized spacial score (nSPS) is 19.7. The van der Waals surface area contributed by atoms with Crippen molar-refractivity contribution in [3.8, 4) is 0 Å². The number of rotatable bonds is 1. The van der Waals surface area contributed by atoms with Gasteiger partial charge >= 0.3 is 0 Å². The second-order valence-corrected chi connectivity index (χ2v) is 3.80. The molecule has 2 aliphatic rings. The Morgan fingerprint density at radius 3 is 2.92 bits per heavy atom. The topological polar surface area (TPSA) is 0 Å². The molecule has 3 rings (SSSR count). The summed E-state index contributed by atoms with van der Waals surface area (Å²) < 4.78 is 0. The van der Waals surface area contributed by atoms with Crippen LogP contribution in [0.5, 0.6) is 0 Å². The molecule has 0 nitrogen and oxygen atoms in total. The molecular weight excluding hydrogens is 144 g/mol. The van der Waals surface area contributed by atoms with Gasteiger partial charge in [-0.15, -0.1) is 0 Å². The van der Waals surface area contributed by atoms with Crippen LogP contribution in [-0.2, 0) is 6.42 Å². The van der Waals surface area contributed by atoms with Gasteiger partial charge in [-0.25, -0.2) is 0 Å². The highest BCUT2D eigenvalue weighted by Crippen LogP contribution is 2.43. The van der Waals surface area contributed by atoms with Crippen molar-refractivity contribution < 1.29 is 0 Å². The fourth-order valence-electron chi connectivity index (χ4n) is 2.07. The van der Waals surface area contributed by atoms with Crippen LogP contribution < -0.4 is 0 Å². The summed E-state index contributed by atoms with van der Waals surface area (Å²) in [4.78, 5) is 0. The van der Waals surface area contributed by atoms with E-state index in [0.717, 1.165) is 12.3 Å². The van der Waals surface area contributed by atoms with Crippen molar-refractivity contribution in [2.75, 3.05) is 0 Å². The summed E-state index contributed by atoms with van der Waals surface area (Å²) in [6.45, 7) is 0. The quantitative estimate of drug-likeness (QED) is 0.586. The smallest absolute Gasteiger partial charge is 0.00881 e. The number of hydrogen-bond acceptors (Lipinski definition) is 0. The van der Waals surface area contributed by atoms with Crippen molar-refractivity contribution in [2.24, 2.45) is 0 Å². The van der Waals surface area contributed by atoms with Crippen molar-refractivity contribution in [2.45, 2.75) is 25.2 Å². The highest BCUT2D eigenvalue weighted by Gasteiger charge is 2.26. The zero-order valence-electron chi connectivity index (χ0n) is 7.09. The van der Waals surface area contributed by atoms with Gasteiger partial charge in [0.05, 0.1) is 0 Å². The van der Waals surface area contributed by atoms with Crippen LogP contribution in [0.4, 0.5) is 0 Å². The van der Waals surface area contributed by atoms with Gasteiger partial charge in [-0.3, -0.25) is 0 Å². The molecule has 1 fully saturated rings.